The lowest BCUT2D eigenvalue weighted by Crippen LogP contribution is -2.44. The number of fused-ring (bicyclic) bond motifs is 2. The number of aromatic nitrogens is 1. The normalized spacial score (nSPS) is 14.7. The molecule has 0 amide bonds. The van der Waals surface area contributed by atoms with Crippen LogP contribution in [0.3, 0.4) is 0 Å². The number of aryl methyl sites for hydroxylation is 1. The maximum absolute atomic E-state index is 8.98. The molecule has 0 spiro atoms. The fraction of sp³-hybridized carbons (Fsp3) is 0.393. The van der Waals surface area contributed by atoms with Crippen LogP contribution < -0.4 is 14.2 Å². The molecule has 0 aliphatic carbocycles. The zero-order chi connectivity index (χ0) is 23.3. The van der Waals surface area contributed by atoms with Gasteiger partial charge in [0.25, 0.3) is 0 Å². The van der Waals surface area contributed by atoms with E-state index in [0.717, 1.165) is 66.3 Å². The van der Waals surface area contributed by atoms with Crippen LogP contribution in [0.5, 0.6) is 5.75 Å². The number of hydrogen-bond acceptors (Lipinski definition) is 3. The number of para-hydroxylation sites is 3. The summed E-state index contributed by atoms with van der Waals surface area (Å²) in [6.45, 7) is 3.60. The van der Waals surface area contributed by atoms with Crippen LogP contribution in [0, 0.1) is 0 Å². The van der Waals surface area contributed by atoms with E-state index in [0.29, 0.717) is 6.61 Å². The number of anilines is 1. The van der Waals surface area contributed by atoms with Crippen LogP contribution in [0.4, 0.5) is 5.69 Å². The standard InChI is InChI=1S/C28H37N3O2/c1-29-26-14-7-8-15-27(26)33-28(29)22-23-16-18-30(25-13-6-5-12-24(23)25)17-11-20-31(2,3)19-9-4-10-21-32/h5-8,12-16,18,22,32H,4,9-11,17,19-21H2,1-3H3/q+2. The van der Waals surface area contributed by atoms with Crippen LogP contribution in [0.25, 0.3) is 17.0 Å². The molecule has 4 rings (SSSR count). The van der Waals surface area contributed by atoms with E-state index in [-0.39, 0.29) is 0 Å². The van der Waals surface area contributed by atoms with Gasteiger partial charge in [0.15, 0.2) is 18.5 Å². The topological polar surface area (TPSA) is 36.6 Å². The SMILES string of the molecule is CN1/C(=C/c2cc[n+](CCC[N+](C)(C)CCCCCO)c3ccccc23)Oc2ccccc21. The lowest BCUT2D eigenvalue weighted by molar-refractivity contribution is -0.892. The van der Waals surface area contributed by atoms with Gasteiger partial charge < -0.3 is 19.2 Å². The number of hydrogen-bond donors (Lipinski definition) is 1. The van der Waals surface area contributed by atoms with Crippen molar-refractivity contribution in [2.75, 3.05) is 45.7 Å². The lowest BCUT2D eigenvalue weighted by atomic mass is 10.1. The van der Waals surface area contributed by atoms with Crippen LogP contribution in [0.1, 0.15) is 31.2 Å². The average molecular weight is 448 g/mol. The molecule has 0 fully saturated rings. The predicted octanol–water partition coefficient (Wildman–Crippen LogP) is 4.58. The molecule has 174 valence electrons. The molecule has 33 heavy (non-hydrogen) atoms. The van der Waals surface area contributed by atoms with Gasteiger partial charge in [-0.1, -0.05) is 24.3 Å². The highest BCUT2D eigenvalue weighted by atomic mass is 16.5. The Labute approximate surface area is 197 Å². The van der Waals surface area contributed by atoms with E-state index < -0.39 is 0 Å². The van der Waals surface area contributed by atoms with Gasteiger partial charge in [-0.15, -0.1) is 0 Å². The summed E-state index contributed by atoms with van der Waals surface area (Å²) in [5.41, 5.74) is 3.51. The Hall–Kier alpha value is -2.89. The first-order valence-electron chi connectivity index (χ1n) is 12.0. The van der Waals surface area contributed by atoms with Crippen LogP contribution in [-0.4, -0.2) is 50.4 Å². The maximum Gasteiger partial charge on any atom is 0.213 e. The lowest BCUT2D eigenvalue weighted by Gasteiger charge is -2.29. The molecule has 0 saturated carbocycles. The second-order valence-corrected chi connectivity index (χ2v) is 9.61. The van der Waals surface area contributed by atoms with Crippen molar-refractivity contribution < 1.29 is 18.9 Å². The largest absolute Gasteiger partial charge is 0.439 e. The van der Waals surface area contributed by atoms with E-state index in [1.165, 1.54) is 17.3 Å². The van der Waals surface area contributed by atoms with Gasteiger partial charge in [0.2, 0.25) is 11.4 Å². The molecule has 5 heteroatoms. The molecule has 3 aromatic rings. The molecule has 5 nitrogen and oxygen atoms in total. The molecule has 0 saturated heterocycles. The molecule has 2 aromatic carbocycles. The summed E-state index contributed by atoms with van der Waals surface area (Å²) in [5.74, 6) is 1.75. The molecule has 2 heterocycles. The zero-order valence-corrected chi connectivity index (χ0v) is 20.2. The second kappa shape index (κ2) is 10.4. The maximum atomic E-state index is 8.98. The first-order valence-corrected chi connectivity index (χ1v) is 12.0. The zero-order valence-electron chi connectivity index (χ0n) is 20.2. The number of pyridine rings is 1. The first kappa shape index (κ1) is 23.3. The van der Waals surface area contributed by atoms with E-state index in [4.69, 9.17) is 9.84 Å². The van der Waals surface area contributed by atoms with E-state index >= 15 is 0 Å². The Morgan fingerprint density at radius 1 is 0.939 bits per heavy atom. The van der Waals surface area contributed by atoms with Gasteiger partial charge in [-0.05, 0) is 43.0 Å². The summed E-state index contributed by atoms with van der Waals surface area (Å²) in [6.07, 6.45) is 8.67. The van der Waals surface area contributed by atoms with Gasteiger partial charge in [0, 0.05) is 31.9 Å². The molecular formula is C28H37N3O2+2. The Kier molecular flexibility index (Phi) is 7.31. The van der Waals surface area contributed by atoms with Crippen molar-refractivity contribution in [3.05, 3.63) is 72.2 Å². The Morgan fingerprint density at radius 3 is 2.52 bits per heavy atom. The summed E-state index contributed by atoms with van der Waals surface area (Å²) in [6, 6.07) is 19.0. The van der Waals surface area contributed by atoms with Gasteiger partial charge in [0.1, 0.15) is 0 Å². The third-order valence-electron chi connectivity index (χ3n) is 6.59. The number of unbranched alkanes of at least 4 members (excludes halogenated alkanes) is 2. The molecule has 1 aromatic heterocycles. The third-order valence-corrected chi connectivity index (χ3v) is 6.59. The molecule has 1 N–H and O–H groups in total. The molecule has 1 aliphatic heterocycles. The minimum absolute atomic E-state index is 0.305. The van der Waals surface area contributed by atoms with Crippen molar-refractivity contribution in [3.8, 4) is 5.75 Å². The molecule has 0 bridgehead atoms. The predicted molar refractivity (Wildman–Crippen MR) is 135 cm³/mol. The average Bonchev–Trinajstić information content (AvgIpc) is 3.13. The number of ether oxygens (including phenoxy) is 1. The van der Waals surface area contributed by atoms with Crippen molar-refractivity contribution in [3.63, 3.8) is 0 Å². The Morgan fingerprint density at radius 2 is 1.70 bits per heavy atom. The van der Waals surface area contributed by atoms with Crippen molar-refractivity contribution in [1.29, 1.82) is 0 Å². The highest BCUT2D eigenvalue weighted by molar-refractivity contribution is 5.86. The van der Waals surface area contributed by atoms with Crippen LogP contribution in [-0.2, 0) is 6.54 Å². The van der Waals surface area contributed by atoms with Crippen molar-refractivity contribution in [2.45, 2.75) is 32.2 Å². The monoisotopic (exact) mass is 447 g/mol. The molecule has 0 atom stereocenters. The van der Waals surface area contributed by atoms with Crippen LogP contribution in [0.15, 0.2) is 66.7 Å². The summed E-state index contributed by atoms with van der Waals surface area (Å²) in [7, 11) is 6.67. The van der Waals surface area contributed by atoms with Crippen molar-refractivity contribution >= 4 is 22.7 Å². The smallest absolute Gasteiger partial charge is 0.213 e. The minimum Gasteiger partial charge on any atom is -0.439 e. The van der Waals surface area contributed by atoms with E-state index in [1.807, 2.05) is 25.2 Å². The van der Waals surface area contributed by atoms with Gasteiger partial charge in [-0.25, -0.2) is 0 Å². The minimum atomic E-state index is 0.305. The van der Waals surface area contributed by atoms with Crippen LogP contribution >= 0.6 is 0 Å². The highest BCUT2D eigenvalue weighted by Crippen LogP contribution is 2.38. The van der Waals surface area contributed by atoms with Gasteiger partial charge >= 0.3 is 0 Å². The number of benzene rings is 2. The fourth-order valence-corrected chi connectivity index (χ4v) is 4.62. The quantitative estimate of drug-likeness (QED) is 0.281. The van der Waals surface area contributed by atoms with Crippen molar-refractivity contribution in [2.24, 2.45) is 0 Å². The summed E-state index contributed by atoms with van der Waals surface area (Å²) in [4.78, 5) is 2.10. The van der Waals surface area contributed by atoms with E-state index in [1.54, 1.807) is 0 Å². The molecule has 0 radical (unpaired) electrons. The van der Waals surface area contributed by atoms with Crippen molar-refractivity contribution in [1.82, 2.24) is 0 Å². The number of nitrogens with zero attached hydrogens (tertiary/aromatic N) is 3. The third kappa shape index (κ3) is 5.55. The molecule has 1 aliphatic rings. The molecule has 0 unspecified atom stereocenters. The Balaban J connectivity index is 1.47. The van der Waals surface area contributed by atoms with E-state index in [9.17, 15) is 0 Å². The Bertz CT molecular complexity index is 1120. The number of rotatable bonds is 10. The van der Waals surface area contributed by atoms with Crippen LogP contribution in [0.2, 0.25) is 0 Å². The molecular weight excluding hydrogens is 410 g/mol. The van der Waals surface area contributed by atoms with Gasteiger partial charge in [-0.3, -0.25) is 0 Å². The number of aliphatic hydroxyl groups excluding tert-OH is 1. The number of aliphatic hydroxyl groups is 1. The fourth-order valence-electron chi connectivity index (χ4n) is 4.62. The highest BCUT2D eigenvalue weighted by Gasteiger charge is 2.23. The summed E-state index contributed by atoms with van der Waals surface area (Å²) in [5, 5.41) is 10.2. The summed E-state index contributed by atoms with van der Waals surface area (Å²) >= 11 is 0. The number of quaternary nitrogens is 1. The first-order chi connectivity index (χ1) is 16.0. The summed E-state index contributed by atoms with van der Waals surface area (Å²) < 4.78 is 9.51. The van der Waals surface area contributed by atoms with Gasteiger partial charge in [0.05, 0.1) is 44.7 Å². The second-order valence-electron chi connectivity index (χ2n) is 9.61. The van der Waals surface area contributed by atoms with E-state index in [2.05, 4.69) is 72.2 Å². The van der Waals surface area contributed by atoms with Gasteiger partial charge in [-0.2, -0.15) is 4.57 Å².